The molecule has 0 N–H and O–H groups in total. The van der Waals surface area contributed by atoms with Crippen LogP contribution in [0.4, 0.5) is 0 Å². The number of amidine groups is 1. The summed E-state index contributed by atoms with van der Waals surface area (Å²) < 4.78 is 0. The molecule has 4 heteroatoms. The first-order valence-electron chi connectivity index (χ1n) is 5.08. The summed E-state index contributed by atoms with van der Waals surface area (Å²) in [6.07, 6.45) is 0. The first-order chi connectivity index (χ1) is 7.88. The monoisotopic (exact) mass is 227 g/mol. The molecule has 2 heterocycles. The maximum Gasteiger partial charge on any atom is 0.168 e. The Bertz CT molecular complexity index is 522. The van der Waals surface area contributed by atoms with Crippen LogP contribution in [0.25, 0.3) is 5.70 Å². The van der Waals surface area contributed by atoms with Crippen molar-refractivity contribution in [2.75, 3.05) is 13.1 Å². The lowest BCUT2D eigenvalue weighted by atomic mass is 10.1. The highest BCUT2D eigenvalue weighted by Crippen LogP contribution is 2.35. The van der Waals surface area contributed by atoms with Crippen molar-refractivity contribution in [2.24, 2.45) is 4.99 Å². The summed E-state index contributed by atoms with van der Waals surface area (Å²) in [4.78, 5) is 6.64. The Morgan fingerprint density at radius 3 is 2.88 bits per heavy atom. The van der Waals surface area contributed by atoms with Gasteiger partial charge in [-0.15, -0.1) is 0 Å². The van der Waals surface area contributed by atoms with Crippen LogP contribution in [-0.4, -0.2) is 23.2 Å². The van der Waals surface area contributed by atoms with Gasteiger partial charge in [0.15, 0.2) is 5.17 Å². The number of hydrogen-bond donors (Lipinski definition) is 0. The highest BCUT2D eigenvalue weighted by atomic mass is 32.2. The van der Waals surface area contributed by atoms with Crippen molar-refractivity contribution in [3.8, 4) is 6.07 Å². The summed E-state index contributed by atoms with van der Waals surface area (Å²) in [6, 6.07) is 9.82. The lowest BCUT2D eigenvalue weighted by Gasteiger charge is -2.16. The van der Waals surface area contributed by atoms with E-state index in [9.17, 15) is 0 Å². The lowest BCUT2D eigenvalue weighted by molar-refractivity contribution is 0.650. The van der Waals surface area contributed by atoms with Crippen LogP contribution in [0.2, 0.25) is 0 Å². The fraction of sp³-hybridized carbons (Fsp3) is 0.167. The predicted molar refractivity (Wildman–Crippen MR) is 65.7 cm³/mol. The molecule has 0 radical (unpaired) electrons. The average molecular weight is 227 g/mol. The molecule has 0 saturated heterocycles. The second-order valence-corrected chi connectivity index (χ2v) is 4.46. The van der Waals surface area contributed by atoms with E-state index >= 15 is 0 Å². The van der Waals surface area contributed by atoms with Crippen molar-refractivity contribution in [1.82, 2.24) is 4.90 Å². The van der Waals surface area contributed by atoms with E-state index in [1.807, 2.05) is 24.3 Å². The molecular weight excluding hydrogens is 218 g/mol. The molecule has 0 atom stereocenters. The zero-order chi connectivity index (χ0) is 11.0. The van der Waals surface area contributed by atoms with Crippen LogP contribution in [0.15, 0.2) is 34.7 Å². The number of hydrogen-bond acceptors (Lipinski definition) is 4. The molecule has 0 aliphatic carbocycles. The predicted octanol–water partition coefficient (Wildman–Crippen LogP) is 2.28. The Hall–Kier alpha value is -1.73. The smallest absolute Gasteiger partial charge is 0.168 e. The quantitative estimate of drug-likeness (QED) is 0.739. The number of benzene rings is 1. The standard InChI is InChI=1S/C12H9N3S/c13-7-9-1-3-10(4-2-9)11-8-16-12-14-5-6-15(11)12/h1-4,8H,5-6H2. The second kappa shape index (κ2) is 3.69. The molecule has 1 aromatic rings. The minimum Gasteiger partial charge on any atom is -0.318 e. The Balaban J connectivity index is 1.93. The van der Waals surface area contributed by atoms with Gasteiger partial charge < -0.3 is 4.90 Å². The van der Waals surface area contributed by atoms with Gasteiger partial charge in [-0.1, -0.05) is 23.9 Å². The van der Waals surface area contributed by atoms with Gasteiger partial charge in [0.1, 0.15) is 0 Å². The van der Waals surface area contributed by atoms with Crippen LogP contribution in [-0.2, 0) is 0 Å². The molecule has 78 valence electrons. The highest BCUT2D eigenvalue weighted by Gasteiger charge is 2.26. The van der Waals surface area contributed by atoms with Gasteiger partial charge in [-0.2, -0.15) is 5.26 Å². The number of nitriles is 1. The Kier molecular flexibility index (Phi) is 2.19. The third-order valence-corrected chi connectivity index (χ3v) is 3.58. The maximum absolute atomic E-state index is 8.75. The van der Waals surface area contributed by atoms with Crippen molar-refractivity contribution >= 4 is 22.6 Å². The molecule has 0 amide bonds. The van der Waals surface area contributed by atoms with Gasteiger partial charge in [-0.3, -0.25) is 4.99 Å². The fourth-order valence-corrected chi connectivity index (χ4v) is 2.83. The van der Waals surface area contributed by atoms with Crippen LogP contribution in [0, 0.1) is 11.3 Å². The molecule has 0 aromatic heterocycles. The molecular formula is C12H9N3S. The minimum atomic E-state index is 0.699. The summed E-state index contributed by atoms with van der Waals surface area (Å²) >= 11 is 1.67. The van der Waals surface area contributed by atoms with Gasteiger partial charge in [-0.05, 0) is 17.7 Å². The molecule has 0 saturated carbocycles. The van der Waals surface area contributed by atoms with Crippen LogP contribution < -0.4 is 0 Å². The summed E-state index contributed by atoms with van der Waals surface area (Å²) in [5, 5.41) is 12.0. The average Bonchev–Trinajstić information content (AvgIpc) is 2.91. The molecule has 2 aliphatic rings. The Morgan fingerprint density at radius 2 is 2.12 bits per heavy atom. The van der Waals surface area contributed by atoms with E-state index in [0.717, 1.165) is 23.8 Å². The van der Waals surface area contributed by atoms with E-state index in [1.165, 1.54) is 5.70 Å². The third kappa shape index (κ3) is 1.41. The van der Waals surface area contributed by atoms with E-state index in [0.29, 0.717) is 5.56 Å². The van der Waals surface area contributed by atoms with Gasteiger partial charge >= 0.3 is 0 Å². The molecule has 16 heavy (non-hydrogen) atoms. The lowest BCUT2D eigenvalue weighted by Crippen LogP contribution is -2.19. The van der Waals surface area contributed by atoms with Crippen LogP contribution in [0.3, 0.4) is 0 Å². The minimum absolute atomic E-state index is 0.699. The Labute approximate surface area is 98.1 Å². The van der Waals surface area contributed by atoms with Crippen LogP contribution >= 0.6 is 11.8 Å². The first kappa shape index (κ1) is 9.49. The van der Waals surface area contributed by atoms with E-state index in [4.69, 9.17) is 5.26 Å². The summed E-state index contributed by atoms with van der Waals surface area (Å²) in [6.45, 7) is 1.85. The molecule has 0 unspecified atom stereocenters. The number of rotatable bonds is 1. The molecule has 3 rings (SSSR count). The van der Waals surface area contributed by atoms with Gasteiger partial charge in [0.05, 0.1) is 23.9 Å². The first-order valence-corrected chi connectivity index (χ1v) is 5.96. The molecule has 1 aromatic carbocycles. The number of aliphatic imine (C=N–C) groups is 1. The maximum atomic E-state index is 8.75. The third-order valence-electron chi connectivity index (χ3n) is 2.68. The molecule has 2 aliphatic heterocycles. The van der Waals surface area contributed by atoms with Gasteiger partial charge in [-0.25, -0.2) is 0 Å². The number of nitrogens with zero attached hydrogens (tertiary/aromatic N) is 3. The Morgan fingerprint density at radius 1 is 1.31 bits per heavy atom. The second-order valence-electron chi connectivity index (χ2n) is 3.63. The van der Waals surface area contributed by atoms with E-state index in [-0.39, 0.29) is 0 Å². The summed E-state index contributed by atoms with van der Waals surface area (Å²) in [5.41, 5.74) is 3.05. The van der Waals surface area contributed by atoms with Crippen molar-refractivity contribution in [1.29, 1.82) is 5.26 Å². The SMILES string of the molecule is N#Cc1ccc(C2=CSC3=NCCN23)cc1. The van der Waals surface area contributed by atoms with Gasteiger partial charge in [0.2, 0.25) is 0 Å². The normalized spacial score (nSPS) is 17.8. The van der Waals surface area contributed by atoms with Crippen molar-refractivity contribution in [3.63, 3.8) is 0 Å². The largest absolute Gasteiger partial charge is 0.318 e. The molecule has 0 bridgehead atoms. The van der Waals surface area contributed by atoms with E-state index in [2.05, 4.69) is 21.4 Å². The summed E-state index contributed by atoms with van der Waals surface area (Å²) in [7, 11) is 0. The molecule has 0 spiro atoms. The molecule has 0 fully saturated rings. The zero-order valence-corrected chi connectivity index (χ0v) is 9.37. The van der Waals surface area contributed by atoms with Crippen LogP contribution in [0.1, 0.15) is 11.1 Å². The molecule has 3 nitrogen and oxygen atoms in total. The van der Waals surface area contributed by atoms with Gasteiger partial charge in [0, 0.05) is 12.0 Å². The van der Waals surface area contributed by atoms with E-state index < -0.39 is 0 Å². The van der Waals surface area contributed by atoms with E-state index in [1.54, 1.807) is 11.8 Å². The van der Waals surface area contributed by atoms with Crippen molar-refractivity contribution in [3.05, 3.63) is 40.8 Å². The summed E-state index contributed by atoms with van der Waals surface area (Å²) in [5.74, 6) is 0. The fourth-order valence-electron chi connectivity index (χ4n) is 1.86. The van der Waals surface area contributed by atoms with Gasteiger partial charge in [0.25, 0.3) is 0 Å². The van der Waals surface area contributed by atoms with Crippen molar-refractivity contribution < 1.29 is 0 Å². The number of fused-ring (bicyclic) bond motifs is 1. The van der Waals surface area contributed by atoms with Crippen LogP contribution in [0.5, 0.6) is 0 Å². The zero-order valence-electron chi connectivity index (χ0n) is 8.55. The van der Waals surface area contributed by atoms with Crippen molar-refractivity contribution in [2.45, 2.75) is 0 Å². The highest BCUT2D eigenvalue weighted by molar-refractivity contribution is 8.16. The topological polar surface area (TPSA) is 39.4 Å². The number of thioether (sulfide) groups is 1.